The Morgan fingerprint density at radius 2 is 2.00 bits per heavy atom. The molecule has 0 aliphatic heterocycles. The van der Waals surface area contributed by atoms with Crippen LogP contribution in [-0.4, -0.2) is 25.6 Å². The van der Waals surface area contributed by atoms with Gasteiger partial charge in [-0.15, -0.1) is 0 Å². The number of rotatable bonds is 2. The monoisotopic (exact) mass is 266 g/mol. The predicted molar refractivity (Wildman–Crippen MR) is 77.2 cm³/mol. The second-order valence-corrected chi connectivity index (χ2v) is 4.57. The van der Waals surface area contributed by atoms with Crippen LogP contribution in [0.1, 0.15) is 17.2 Å². The SMILES string of the molecule is Cc1nc(C)n(-c2c(C(=N)N)cnc3ccccc23)n1. The first-order valence-electron chi connectivity index (χ1n) is 6.20. The average molecular weight is 266 g/mol. The number of amidine groups is 1. The molecule has 3 aromatic rings. The van der Waals surface area contributed by atoms with Crippen LogP contribution in [0.3, 0.4) is 0 Å². The highest BCUT2D eigenvalue weighted by Crippen LogP contribution is 2.24. The van der Waals surface area contributed by atoms with Crippen molar-refractivity contribution in [3.05, 3.63) is 47.7 Å². The zero-order chi connectivity index (χ0) is 14.3. The van der Waals surface area contributed by atoms with Gasteiger partial charge in [-0.2, -0.15) is 5.10 Å². The first kappa shape index (κ1) is 12.3. The van der Waals surface area contributed by atoms with Crippen LogP contribution >= 0.6 is 0 Å². The zero-order valence-electron chi connectivity index (χ0n) is 11.3. The van der Waals surface area contributed by atoms with Crippen molar-refractivity contribution in [1.82, 2.24) is 19.7 Å². The normalized spacial score (nSPS) is 10.9. The zero-order valence-corrected chi connectivity index (χ0v) is 11.3. The lowest BCUT2D eigenvalue weighted by molar-refractivity contribution is 0.834. The summed E-state index contributed by atoms with van der Waals surface area (Å²) in [4.78, 5) is 8.66. The van der Waals surface area contributed by atoms with Gasteiger partial charge in [0.2, 0.25) is 0 Å². The largest absolute Gasteiger partial charge is 0.384 e. The molecule has 0 amide bonds. The maximum absolute atomic E-state index is 7.75. The molecule has 0 spiro atoms. The fourth-order valence-electron chi connectivity index (χ4n) is 2.28. The molecule has 100 valence electrons. The third kappa shape index (κ3) is 1.82. The number of hydrogen-bond donors (Lipinski definition) is 2. The third-order valence-electron chi connectivity index (χ3n) is 3.12. The van der Waals surface area contributed by atoms with Gasteiger partial charge >= 0.3 is 0 Å². The molecule has 0 aliphatic rings. The highest BCUT2D eigenvalue weighted by Gasteiger charge is 2.16. The second kappa shape index (κ2) is 4.41. The van der Waals surface area contributed by atoms with Gasteiger partial charge in [0, 0.05) is 11.6 Å². The molecule has 0 unspecified atom stereocenters. The number of fused-ring (bicyclic) bond motifs is 1. The first-order chi connectivity index (χ1) is 9.58. The molecule has 2 aromatic heterocycles. The molecular formula is C14H14N6. The number of aryl methyl sites for hydroxylation is 2. The summed E-state index contributed by atoms with van der Waals surface area (Å²) in [6, 6.07) is 7.71. The minimum atomic E-state index is -0.0363. The topological polar surface area (TPSA) is 93.5 Å². The van der Waals surface area contributed by atoms with Gasteiger partial charge in [0.05, 0.1) is 16.8 Å². The van der Waals surface area contributed by atoms with Crippen LogP contribution in [0.5, 0.6) is 0 Å². The third-order valence-corrected chi connectivity index (χ3v) is 3.12. The average Bonchev–Trinajstić information content (AvgIpc) is 2.76. The van der Waals surface area contributed by atoms with Crippen LogP contribution in [0.4, 0.5) is 0 Å². The van der Waals surface area contributed by atoms with Crippen molar-refractivity contribution in [2.75, 3.05) is 0 Å². The van der Waals surface area contributed by atoms with E-state index in [-0.39, 0.29) is 5.84 Å². The molecule has 0 atom stereocenters. The molecule has 0 aliphatic carbocycles. The van der Waals surface area contributed by atoms with E-state index in [1.807, 2.05) is 38.1 Å². The molecule has 0 saturated heterocycles. The molecule has 0 fully saturated rings. The lowest BCUT2D eigenvalue weighted by atomic mass is 10.1. The molecular weight excluding hydrogens is 252 g/mol. The van der Waals surface area contributed by atoms with Crippen LogP contribution in [0.25, 0.3) is 16.6 Å². The lowest BCUT2D eigenvalue weighted by Crippen LogP contribution is -2.16. The Bertz CT molecular complexity index is 818. The smallest absolute Gasteiger partial charge is 0.148 e. The van der Waals surface area contributed by atoms with E-state index < -0.39 is 0 Å². The number of aromatic nitrogens is 4. The van der Waals surface area contributed by atoms with Crippen molar-refractivity contribution in [2.45, 2.75) is 13.8 Å². The maximum Gasteiger partial charge on any atom is 0.148 e. The van der Waals surface area contributed by atoms with Gasteiger partial charge in [0.1, 0.15) is 17.5 Å². The molecule has 0 bridgehead atoms. The summed E-state index contributed by atoms with van der Waals surface area (Å²) < 4.78 is 1.72. The number of nitrogens with one attached hydrogen (secondary N) is 1. The van der Waals surface area contributed by atoms with E-state index in [0.29, 0.717) is 11.4 Å². The minimum absolute atomic E-state index is 0.0363. The Hall–Kier alpha value is -2.76. The molecule has 3 N–H and O–H groups in total. The number of nitrogens with two attached hydrogens (primary N) is 1. The lowest BCUT2D eigenvalue weighted by Gasteiger charge is -2.12. The second-order valence-electron chi connectivity index (χ2n) is 4.57. The first-order valence-corrected chi connectivity index (χ1v) is 6.20. The summed E-state index contributed by atoms with van der Waals surface area (Å²) in [5, 5.41) is 13.1. The van der Waals surface area contributed by atoms with Crippen LogP contribution in [0, 0.1) is 19.3 Å². The van der Waals surface area contributed by atoms with E-state index >= 15 is 0 Å². The summed E-state index contributed by atoms with van der Waals surface area (Å²) in [5.41, 5.74) is 7.82. The number of hydrogen-bond acceptors (Lipinski definition) is 4. The van der Waals surface area contributed by atoms with Crippen molar-refractivity contribution in [1.29, 1.82) is 5.41 Å². The van der Waals surface area contributed by atoms with Crippen LogP contribution < -0.4 is 5.73 Å². The Morgan fingerprint density at radius 1 is 1.25 bits per heavy atom. The maximum atomic E-state index is 7.75. The quantitative estimate of drug-likeness (QED) is 0.545. The van der Waals surface area contributed by atoms with E-state index in [4.69, 9.17) is 11.1 Å². The molecule has 20 heavy (non-hydrogen) atoms. The van der Waals surface area contributed by atoms with Crippen molar-refractivity contribution < 1.29 is 0 Å². The van der Waals surface area contributed by atoms with Crippen LogP contribution in [0.15, 0.2) is 30.5 Å². The molecule has 1 aromatic carbocycles. The molecule has 2 heterocycles. The number of pyridine rings is 1. The van der Waals surface area contributed by atoms with Crippen molar-refractivity contribution >= 4 is 16.7 Å². The summed E-state index contributed by atoms with van der Waals surface area (Å²) in [7, 11) is 0. The number of para-hydroxylation sites is 1. The molecule has 6 nitrogen and oxygen atoms in total. The Kier molecular flexibility index (Phi) is 2.71. The summed E-state index contributed by atoms with van der Waals surface area (Å²) in [5.74, 6) is 1.39. The van der Waals surface area contributed by atoms with E-state index in [1.165, 1.54) is 0 Å². The van der Waals surface area contributed by atoms with Crippen LogP contribution in [-0.2, 0) is 0 Å². The van der Waals surface area contributed by atoms with Gasteiger partial charge < -0.3 is 5.73 Å². The fourth-order valence-corrected chi connectivity index (χ4v) is 2.28. The van der Waals surface area contributed by atoms with Gasteiger partial charge in [-0.05, 0) is 19.9 Å². The summed E-state index contributed by atoms with van der Waals surface area (Å²) >= 11 is 0. The van der Waals surface area contributed by atoms with Gasteiger partial charge in [-0.25, -0.2) is 9.67 Å². The standard InChI is InChI=1S/C14H14N6/c1-8-18-9(2)20(19-8)13-10-5-3-4-6-12(10)17-7-11(13)14(15)16/h3-7H,1-2H3,(H3,15,16). The van der Waals surface area contributed by atoms with Gasteiger partial charge in [0.15, 0.2) is 0 Å². The van der Waals surface area contributed by atoms with Gasteiger partial charge in [-0.1, -0.05) is 18.2 Å². The van der Waals surface area contributed by atoms with Crippen molar-refractivity contribution in [3.8, 4) is 5.69 Å². The predicted octanol–water partition coefficient (Wildman–Crippen LogP) is 1.72. The van der Waals surface area contributed by atoms with Crippen molar-refractivity contribution in [2.24, 2.45) is 5.73 Å². The molecule has 6 heteroatoms. The fraction of sp³-hybridized carbons (Fsp3) is 0.143. The van der Waals surface area contributed by atoms with Gasteiger partial charge in [-0.3, -0.25) is 10.4 Å². The van der Waals surface area contributed by atoms with E-state index in [2.05, 4.69) is 15.1 Å². The number of nitrogens with zero attached hydrogens (tertiary/aromatic N) is 4. The summed E-state index contributed by atoms with van der Waals surface area (Å²) in [6.45, 7) is 3.71. The molecule has 0 radical (unpaired) electrons. The molecule has 0 saturated carbocycles. The Morgan fingerprint density at radius 3 is 2.65 bits per heavy atom. The number of nitrogen functional groups attached to an aromatic ring is 1. The van der Waals surface area contributed by atoms with E-state index in [1.54, 1.807) is 10.9 Å². The van der Waals surface area contributed by atoms with E-state index in [0.717, 1.165) is 22.4 Å². The number of benzene rings is 1. The van der Waals surface area contributed by atoms with Gasteiger partial charge in [0.25, 0.3) is 0 Å². The van der Waals surface area contributed by atoms with Crippen LogP contribution in [0.2, 0.25) is 0 Å². The Labute approximate surface area is 115 Å². The Balaban J connectivity index is 2.45. The van der Waals surface area contributed by atoms with E-state index in [9.17, 15) is 0 Å². The highest BCUT2D eigenvalue weighted by atomic mass is 15.3. The molecule has 3 rings (SSSR count). The highest BCUT2D eigenvalue weighted by molar-refractivity contribution is 6.04. The summed E-state index contributed by atoms with van der Waals surface area (Å²) in [6.07, 6.45) is 1.61. The van der Waals surface area contributed by atoms with Crippen molar-refractivity contribution in [3.63, 3.8) is 0 Å². The minimum Gasteiger partial charge on any atom is -0.384 e.